The number of hydrogen-bond acceptors (Lipinski definition) is 3. The zero-order valence-corrected chi connectivity index (χ0v) is 15.0. The van der Waals surface area contributed by atoms with Crippen LogP contribution in [0.4, 0.5) is 0 Å². The first kappa shape index (κ1) is 17.7. The maximum absolute atomic E-state index is 6.26. The maximum atomic E-state index is 6.26. The summed E-state index contributed by atoms with van der Waals surface area (Å²) in [5.74, 6) is 2.74. The number of rotatable bonds is 5. The minimum atomic E-state index is 0.366. The first-order chi connectivity index (χ1) is 11.0. The molecule has 0 saturated carbocycles. The van der Waals surface area contributed by atoms with E-state index >= 15 is 0 Å². The predicted octanol–water partition coefficient (Wildman–Crippen LogP) is 2.86. The summed E-state index contributed by atoms with van der Waals surface area (Å²) in [5.41, 5.74) is 1.11. The van der Waals surface area contributed by atoms with Crippen molar-refractivity contribution in [1.29, 1.82) is 0 Å². The molecule has 23 heavy (non-hydrogen) atoms. The number of halogens is 1. The molecule has 2 rings (SSSR count). The van der Waals surface area contributed by atoms with E-state index in [1.165, 1.54) is 0 Å². The lowest BCUT2D eigenvalue weighted by molar-refractivity contribution is 0.171. The molecule has 0 bridgehead atoms. The Hall–Kier alpha value is -1.62. The molecular weight excluding hydrogens is 314 g/mol. The highest BCUT2D eigenvalue weighted by Crippen LogP contribution is 2.38. The van der Waals surface area contributed by atoms with Crippen molar-refractivity contribution < 1.29 is 9.47 Å². The minimum absolute atomic E-state index is 0.366. The van der Waals surface area contributed by atoms with Gasteiger partial charge in [0.25, 0.3) is 0 Å². The molecule has 0 fully saturated rings. The van der Waals surface area contributed by atoms with Gasteiger partial charge in [0, 0.05) is 19.6 Å². The molecule has 1 aliphatic heterocycles. The maximum Gasteiger partial charge on any atom is 0.191 e. The third-order valence-corrected chi connectivity index (χ3v) is 4.23. The third-order valence-electron chi connectivity index (χ3n) is 3.95. The lowest BCUT2D eigenvalue weighted by Gasteiger charge is -2.21. The topological polar surface area (TPSA) is 54.9 Å². The van der Waals surface area contributed by atoms with E-state index < -0.39 is 0 Å². The van der Waals surface area contributed by atoms with Crippen LogP contribution in [0.2, 0.25) is 5.02 Å². The second-order valence-electron chi connectivity index (χ2n) is 6.03. The van der Waals surface area contributed by atoms with Gasteiger partial charge in [0.1, 0.15) is 13.2 Å². The number of hydrogen-bond donors (Lipinski definition) is 2. The highest BCUT2D eigenvalue weighted by molar-refractivity contribution is 6.32. The fourth-order valence-electron chi connectivity index (χ4n) is 2.21. The van der Waals surface area contributed by atoms with E-state index in [1.54, 1.807) is 7.05 Å². The van der Waals surface area contributed by atoms with E-state index in [1.807, 2.05) is 12.1 Å². The summed E-state index contributed by atoms with van der Waals surface area (Å²) in [7, 11) is 1.78. The van der Waals surface area contributed by atoms with Crippen molar-refractivity contribution in [2.75, 3.05) is 26.8 Å². The predicted molar refractivity (Wildman–Crippen MR) is 94.9 cm³/mol. The molecule has 1 aromatic rings. The fourth-order valence-corrected chi connectivity index (χ4v) is 2.50. The molecule has 0 spiro atoms. The molecule has 128 valence electrons. The molecule has 0 radical (unpaired) electrons. The summed E-state index contributed by atoms with van der Waals surface area (Å²) in [6, 6.07) is 4.29. The Kier molecular flexibility index (Phi) is 6.39. The van der Waals surface area contributed by atoms with E-state index in [4.69, 9.17) is 21.1 Å². The zero-order chi connectivity index (χ0) is 16.8. The van der Waals surface area contributed by atoms with Crippen molar-refractivity contribution in [3.63, 3.8) is 0 Å². The van der Waals surface area contributed by atoms with Gasteiger partial charge in [-0.25, -0.2) is 0 Å². The van der Waals surface area contributed by atoms with E-state index in [2.05, 4.69) is 36.4 Å². The highest BCUT2D eigenvalue weighted by Gasteiger charge is 2.16. The lowest BCUT2D eigenvalue weighted by atomic mass is 10.1. The number of fused-ring (bicyclic) bond motifs is 1. The summed E-state index contributed by atoms with van der Waals surface area (Å²) in [6.45, 7) is 8.39. The molecule has 1 aromatic carbocycles. The largest absolute Gasteiger partial charge is 0.486 e. The van der Waals surface area contributed by atoms with Crippen LogP contribution in [0.1, 0.15) is 26.3 Å². The van der Waals surface area contributed by atoms with Crippen LogP contribution in [0.25, 0.3) is 0 Å². The lowest BCUT2D eigenvalue weighted by Crippen LogP contribution is -2.44. The Morgan fingerprint density at radius 1 is 1.26 bits per heavy atom. The van der Waals surface area contributed by atoms with Crippen LogP contribution < -0.4 is 20.1 Å². The van der Waals surface area contributed by atoms with Crippen LogP contribution in [0.3, 0.4) is 0 Å². The van der Waals surface area contributed by atoms with E-state index in [0.29, 0.717) is 35.9 Å². The van der Waals surface area contributed by atoms with Crippen LogP contribution in [0, 0.1) is 5.92 Å². The van der Waals surface area contributed by atoms with Crippen LogP contribution in [-0.4, -0.2) is 38.8 Å². The molecular formula is C17H26ClN3O2. The molecule has 2 N–H and O–H groups in total. The molecule has 1 unspecified atom stereocenters. The van der Waals surface area contributed by atoms with Crippen LogP contribution >= 0.6 is 11.6 Å². The van der Waals surface area contributed by atoms with Gasteiger partial charge in [-0.2, -0.15) is 0 Å². The molecule has 0 aromatic heterocycles. The second kappa shape index (κ2) is 8.29. The molecule has 1 atom stereocenters. The summed E-state index contributed by atoms with van der Waals surface area (Å²) < 4.78 is 11.1. The fraction of sp³-hybridized carbons (Fsp3) is 0.588. The van der Waals surface area contributed by atoms with Crippen molar-refractivity contribution in [3.05, 3.63) is 22.7 Å². The Bertz CT molecular complexity index is 561. The molecule has 0 saturated heterocycles. The molecule has 5 nitrogen and oxygen atoms in total. The van der Waals surface area contributed by atoms with E-state index in [0.717, 1.165) is 30.2 Å². The Balaban J connectivity index is 1.89. The average molecular weight is 340 g/mol. The normalized spacial score (nSPS) is 15.5. The van der Waals surface area contributed by atoms with Crippen LogP contribution in [0.15, 0.2) is 17.1 Å². The smallest absolute Gasteiger partial charge is 0.191 e. The summed E-state index contributed by atoms with van der Waals surface area (Å²) in [5, 5.41) is 7.31. The number of nitrogens with zero attached hydrogens (tertiary/aromatic N) is 1. The van der Waals surface area contributed by atoms with Gasteiger partial charge in [-0.3, -0.25) is 4.99 Å². The number of ether oxygens (including phenoxy) is 2. The summed E-state index contributed by atoms with van der Waals surface area (Å²) in [6.07, 6.45) is 0.827. The van der Waals surface area contributed by atoms with Crippen molar-refractivity contribution in [2.24, 2.45) is 10.9 Å². The molecule has 1 aliphatic rings. The molecule has 0 aliphatic carbocycles. The van der Waals surface area contributed by atoms with Gasteiger partial charge in [0.2, 0.25) is 0 Å². The van der Waals surface area contributed by atoms with Crippen molar-refractivity contribution in [1.82, 2.24) is 10.6 Å². The second-order valence-corrected chi connectivity index (χ2v) is 6.44. The first-order valence-electron chi connectivity index (χ1n) is 8.06. The van der Waals surface area contributed by atoms with Crippen molar-refractivity contribution in [2.45, 2.75) is 33.2 Å². The van der Waals surface area contributed by atoms with E-state index in [-0.39, 0.29) is 0 Å². The third kappa shape index (κ3) is 4.93. The highest BCUT2D eigenvalue weighted by atomic mass is 35.5. The average Bonchev–Trinajstić information content (AvgIpc) is 2.53. The van der Waals surface area contributed by atoms with Gasteiger partial charge in [0.05, 0.1) is 5.02 Å². The minimum Gasteiger partial charge on any atom is -0.486 e. The standard InChI is InChI=1S/C17H26ClN3O2/c1-11(2)12(3)21-17(19-4)20-6-5-13-9-14(18)16-15(10-13)22-7-8-23-16/h9-12H,5-8H2,1-4H3,(H2,19,20,21). The van der Waals surface area contributed by atoms with Gasteiger partial charge in [0.15, 0.2) is 17.5 Å². The number of benzene rings is 1. The Labute approximate surface area is 143 Å². The monoisotopic (exact) mass is 339 g/mol. The zero-order valence-electron chi connectivity index (χ0n) is 14.3. The number of guanidine groups is 1. The Morgan fingerprint density at radius 2 is 2.00 bits per heavy atom. The van der Waals surface area contributed by atoms with Gasteiger partial charge in [-0.1, -0.05) is 25.4 Å². The van der Waals surface area contributed by atoms with Gasteiger partial charge in [-0.15, -0.1) is 0 Å². The number of nitrogens with one attached hydrogen (secondary N) is 2. The summed E-state index contributed by atoms with van der Waals surface area (Å²) in [4.78, 5) is 4.25. The molecule has 0 amide bonds. The Morgan fingerprint density at radius 3 is 2.70 bits per heavy atom. The molecule has 6 heteroatoms. The van der Waals surface area contributed by atoms with Gasteiger partial charge in [-0.05, 0) is 37.0 Å². The van der Waals surface area contributed by atoms with Crippen LogP contribution in [0.5, 0.6) is 11.5 Å². The first-order valence-corrected chi connectivity index (χ1v) is 8.44. The van der Waals surface area contributed by atoms with Crippen molar-refractivity contribution >= 4 is 17.6 Å². The SMILES string of the molecule is CN=C(NCCc1cc(Cl)c2c(c1)OCCO2)NC(C)C(C)C. The van der Waals surface area contributed by atoms with Gasteiger partial charge < -0.3 is 20.1 Å². The van der Waals surface area contributed by atoms with Gasteiger partial charge >= 0.3 is 0 Å². The van der Waals surface area contributed by atoms with Crippen molar-refractivity contribution in [3.8, 4) is 11.5 Å². The summed E-state index contributed by atoms with van der Waals surface area (Å²) >= 11 is 6.26. The quantitative estimate of drug-likeness (QED) is 0.640. The van der Waals surface area contributed by atoms with Crippen LogP contribution in [-0.2, 0) is 6.42 Å². The number of aliphatic imine (C=N–C) groups is 1. The molecule has 1 heterocycles. The van der Waals surface area contributed by atoms with E-state index in [9.17, 15) is 0 Å².